The molecule has 2 N–H and O–H groups in total. The van der Waals surface area contributed by atoms with Crippen LogP contribution < -0.4 is 5.73 Å². The highest BCUT2D eigenvalue weighted by Gasteiger charge is 2.23. The maximum atomic E-state index is 11.0. The van der Waals surface area contributed by atoms with E-state index in [9.17, 15) is 4.79 Å². The first-order valence-electron chi connectivity index (χ1n) is 5.41. The van der Waals surface area contributed by atoms with Gasteiger partial charge in [0.15, 0.2) is 4.67 Å². The van der Waals surface area contributed by atoms with Crippen LogP contribution in [-0.4, -0.2) is 23.9 Å². The van der Waals surface area contributed by atoms with Crippen LogP contribution >= 0.6 is 15.9 Å². The number of furan rings is 1. The molecule has 0 unspecified atom stereocenters. The monoisotopic (exact) mass is 286 g/mol. The molecular formula is C11H15BrN2O2. The molecule has 0 aliphatic carbocycles. The molecule has 1 saturated heterocycles. The van der Waals surface area contributed by atoms with E-state index in [4.69, 9.17) is 10.2 Å². The first-order valence-corrected chi connectivity index (χ1v) is 6.20. The summed E-state index contributed by atoms with van der Waals surface area (Å²) in [5, 5.41) is 0. The highest BCUT2D eigenvalue weighted by molar-refractivity contribution is 9.10. The number of halogens is 1. The lowest BCUT2D eigenvalue weighted by molar-refractivity contribution is -0.123. The van der Waals surface area contributed by atoms with E-state index in [-0.39, 0.29) is 11.8 Å². The Morgan fingerprint density at radius 1 is 1.50 bits per heavy atom. The highest BCUT2D eigenvalue weighted by atomic mass is 79.9. The Morgan fingerprint density at radius 2 is 2.19 bits per heavy atom. The van der Waals surface area contributed by atoms with Crippen molar-refractivity contribution in [1.82, 2.24) is 4.90 Å². The zero-order valence-electron chi connectivity index (χ0n) is 8.99. The highest BCUT2D eigenvalue weighted by Crippen LogP contribution is 2.20. The first-order chi connectivity index (χ1) is 7.65. The number of carbonyl (C=O) groups excluding carboxylic acids is 1. The molecule has 88 valence electrons. The molecule has 2 rings (SSSR count). The van der Waals surface area contributed by atoms with Gasteiger partial charge in [-0.05, 0) is 54.0 Å². The summed E-state index contributed by atoms with van der Waals surface area (Å²) in [6, 6.07) is 3.86. The third-order valence-corrected chi connectivity index (χ3v) is 3.42. The van der Waals surface area contributed by atoms with Crippen molar-refractivity contribution in [1.29, 1.82) is 0 Å². The third kappa shape index (κ3) is 2.86. The normalized spacial score (nSPS) is 18.8. The zero-order chi connectivity index (χ0) is 11.5. The number of primary amides is 1. The van der Waals surface area contributed by atoms with E-state index in [1.165, 1.54) is 0 Å². The summed E-state index contributed by atoms with van der Waals surface area (Å²) >= 11 is 3.28. The Kier molecular flexibility index (Phi) is 3.66. The van der Waals surface area contributed by atoms with E-state index in [1.807, 2.05) is 12.1 Å². The maximum Gasteiger partial charge on any atom is 0.220 e. The molecule has 0 aromatic carbocycles. The standard InChI is InChI=1S/C11H15BrN2O2/c12-10-2-1-9(16-10)7-14-5-3-8(4-6-14)11(13)15/h1-2,8H,3-7H2,(H2,13,15). The molecule has 1 amide bonds. The van der Waals surface area contributed by atoms with Crippen LogP contribution in [0.4, 0.5) is 0 Å². The minimum atomic E-state index is -0.166. The predicted molar refractivity (Wildman–Crippen MR) is 63.6 cm³/mol. The van der Waals surface area contributed by atoms with E-state index in [0.717, 1.165) is 42.9 Å². The molecule has 0 bridgehead atoms. The molecular weight excluding hydrogens is 272 g/mol. The van der Waals surface area contributed by atoms with Crippen molar-refractivity contribution < 1.29 is 9.21 Å². The minimum Gasteiger partial charge on any atom is -0.453 e. The predicted octanol–water partition coefficient (Wildman–Crippen LogP) is 1.74. The average molecular weight is 287 g/mol. The van der Waals surface area contributed by atoms with Crippen LogP contribution in [0.5, 0.6) is 0 Å². The van der Waals surface area contributed by atoms with Crippen molar-refractivity contribution in [2.45, 2.75) is 19.4 Å². The Balaban J connectivity index is 1.83. The Morgan fingerprint density at radius 3 is 2.69 bits per heavy atom. The summed E-state index contributed by atoms with van der Waals surface area (Å²) < 4.78 is 6.20. The number of piperidine rings is 1. The van der Waals surface area contributed by atoms with Gasteiger partial charge in [-0.1, -0.05) is 0 Å². The van der Waals surface area contributed by atoms with Crippen molar-refractivity contribution in [3.8, 4) is 0 Å². The maximum absolute atomic E-state index is 11.0. The van der Waals surface area contributed by atoms with Crippen molar-refractivity contribution in [3.05, 3.63) is 22.6 Å². The van der Waals surface area contributed by atoms with Gasteiger partial charge in [-0.15, -0.1) is 0 Å². The smallest absolute Gasteiger partial charge is 0.220 e. The topological polar surface area (TPSA) is 59.5 Å². The van der Waals surface area contributed by atoms with Gasteiger partial charge in [0, 0.05) is 5.92 Å². The third-order valence-electron chi connectivity index (χ3n) is 3.00. The molecule has 5 heteroatoms. The lowest BCUT2D eigenvalue weighted by Crippen LogP contribution is -2.38. The van der Waals surface area contributed by atoms with E-state index in [0.29, 0.717) is 0 Å². The van der Waals surface area contributed by atoms with Crippen LogP contribution in [0.25, 0.3) is 0 Å². The lowest BCUT2D eigenvalue weighted by Gasteiger charge is -2.29. The largest absolute Gasteiger partial charge is 0.453 e. The Bertz CT molecular complexity index is 370. The second-order valence-corrected chi connectivity index (χ2v) is 4.94. The number of rotatable bonds is 3. The van der Waals surface area contributed by atoms with Gasteiger partial charge < -0.3 is 10.2 Å². The van der Waals surface area contributed by atoms with Crippen LogP contribution in [0, 0.1) is 5.92 Å². The molecule has 1 aliphatic heterocycles. The Hall–Kier alpha value is -0.810. The van der Waals surface area contributed by atoms with Crippen LogP contribution in [0.15, 0.2) is 21.2 Å². The first kappa shape index (κ1) is 11.7. The van der Waals surface area contributed by atoms with Gasteiger partial charge in [0.25, 0.3) is 0 Å². The molecule has 4 nitrogen and oxygen atoms in total. The number of amides is 1. The molecule has 0 saturated carbocycles. The summed E-state index contributed by atoms with van der Waals surface area (Å²) in [6.45, 7) is 2.62. The van der Waals surface area contributed by atoms with Crippen molar-refractivity contribution in [3.63, 3.8) is 0 Å². The van der Waals surface area contributed by atoms with Gasteiger partial charge in [0.05, 0.1) is 6.54 Å². The van der Waals surface area contributed by atoms with E-state index < -0.39 is 0 Å². The van der Waals surface area contributed by atoms with Gasteiger partial charge in [-0.25, -0.2) is 0 Å². The molecule has 0 atom stereocenters. The molecule has 2 heterocycles. The second kappa shape index (κ2) is 5.01. The van der Waals surface area contributed by atoms with E-state index in [1.54, 1.807) is 0 Å². The van der Waals surface area contributed by atoms with Crippen LogP contribution in [0.2, 0.25) is 0 Å². The molecule has 1 fully saturated rings. The molecule has 0 spiro atoms. The zero-order valence-corrected chi connectivity index (χ0v) is 10.6. The molecule has 16 heavy (non-hydrogen) atoms. The van der Waals surface area contributed by atoms with Crippen LogP contribution in [0.3, 0.4) is 0 Å². The number of hydrogen-bond acceptors (Lipinski definition) is 3. The average Bonchev–Trinajstić information content (AvgIpc) is 2.65. The Labute approximate surface area is 103 Å². The van der Waals surface area contributed by atoms with Gasteiger partial charge in [-0.2, -0.15) is 0 Å². The van der Waals surface area contributed by atoms with Gasteiger partial charge in [0.1, 0.15) is 5.76 Å². The quantitative estimate of drug-likeness (QED) is 0.921. The number of likely N-dealkylation sites (tertiary alicyclic amines) is 1. The second-order valence-electron chi connectivity index (χ2n) is 4.16. The van der Waals surface area contributed by atoms with Gasteiger partial charge in [0.2, 0.25) is 5.91 Å². The number of hydrogen-bond donors (Lipinski definition) is 1. The lowest BCUT2D eigenvalue weighted by atomic mass is 9.96. The van der Waals surface area contributed by atoms with E-state index >= 15 is 0 Å². The minimum absolute atomic E-state index is 0.0552. The molecule has 1 aromatic heterocycles. The fourth-order valence-corrected chi connectivity index (χ4v) is 2.37. The SMILES string of the molecule is NC(=O)C1CCN(Cc2ccc(Br)o2)CC1. The summed E-state index contributed by atoms with van der Waals surface area (Å²) in [4.78, 5) is 13.3. The van der Waals surface area contributed by atoms with Crippen LogP contribution in [0.1, 0.15) is 18.6 Å². The molecule has 1 aliphatic rings. The van der Waals surface area contributed by atoms with E-state index in [2.05, 4.69) is 20.8 Å². The summed E-state index contributed by atoms with van der Waals surface area (Å²) in [5.74, 6) is 0.837. The molecule has 1 aromatic rings. The number of carbonyl (C=O) groups is 1. The number of nitrogens with two attached hydrogens (primary N) is 1. The van der Waals surface area contributed by atoms with Crippen molar-refractivity contribution >= 4 is 21.8 Å². The van der Waals surface area contributed by atoms with Crippen LogP contribution in [-0.2, 0) is 11.3 Å². The summed E-state index contributed by atoms with van der Waals surface area (Å²) in [6.07, 6.45) is 1.72. The fourth-order valence-electron chi connectivity index (χ4n) is 2.03. The van der Waals surface area contributed by atoms with Crippen molar-refractivity contribution in [2.24, 2.45) is 11.7 Å². The summed E-state index contributed by atoms with van der Waals surface area (Å²) in [5.41, 5.74) is 5.29. The van der Waals surface area contributed by atoms with Gasteiger partial charge in [-0.3, -0.25) is 9.69 Å². The number of nitrogens with zero attached hydrogens (tertiary/aromatic N) is 1. The van der Waals surface area contributed by atoms with Crippen molar-refractivity contribution in [2.75, 3.05) is 13.1 Å². The van der Waals surface area contributed by atoms with Gasteiger partial charge >= 0.3 is 0 Å². The summed E-state index contributed by atoms with van der Waals surface area (Å²) in [7, 11) is 0. The molecule has 0 radical (unpaired) electrons. The fraction of sp³-hybridized carbons (Fsp3) is 0.545.